The summed E-state index contributed by atoms with van der Waals surface area (Å²) in [6, 6.07) is 18.7. The largest absolute Gasteiger partial charge is 0.344 e. The van der Waals surface area contributed by atoms with E-state index < -0.39 is 0 Å². The molecule has 0 spiro atoms. The third-order valence-electron chi connectivity index (χ3n) is 7.82. The summed E-state index contributed by atoms with van der Waals surface area (Å²) in [5, 5.41) is 9.12. The van der Waals surface area contributed by atoms with E-state index in [2.05, 4.69) is 34.3 Å². The number of halogens is 1. The lowest BCUT2D eigenvalue weighted by Gasteiger charge is -2.27. The maximum atomic E-state index is 13.6. The Hall–Kier alpha value is -2.59. The fourth-order valence-electron chi connectivity index (χ4n) is 6.01. The minimum atomic E-state index is -0.0628. The Morgan fingerprint density at radius 1 is 1.03 bits per heavy atom. The maximum Gasteiger partial charge on any atom is 0.272 e. The van der Waals surface area contributed by atoms with Crippen LogP contribution in [0.3, 0.4) is 0 Å². The molecule has 184 valence electrons. The number of carbonyl (C=O) groups excluding carboxylic acids is 1. The van der Waals surface area contributed by atoms with Gasteiger partial charge in [-0.25, -0.2) is 0 Å². The Balaban J connectivity index is 1.51. The Labute approximate surface area is 214 Å². The lowest BCUT2D eigenvalue weighted by molar-refractivity contribution is 0.0932. The van der Waals surface area contributed by atoms with Gasteiger partial charge in [0.2, 0.25) is 0 Å². The first kappa shape index (κ1) is 24.1. The zero-order valence-electron chi connectivity index (χ0n) is 20.7. The lowest BCUT2D eigenvalue weighted by atomic mass is 9.89. The number of hydrogen-bond acceptors (Lipinski definition) is 2. The SMILES string of the molecule is C[C@H](NC(=O)c1nn(C2CCCCC2)c2c1CCCCC2Cc1cccc(Cl)c1)c1ccccc1. The number of fused-ring (bicyclic) bond motifs is 1. The van der Waals surface area contributed by atoms with Crippen molar-refractivity contribution in [2.24, 2.45) is 0 Å². The summed E-state index contributed by atoms with van der Waals surface area (Å²) in [4.78, 5) is 13.6. The number of nitrogens with one attached hydrogen (secondary N) is 1. The smallest absolute Gasteiger partial charge is 0.272 e. The molecule has 1 N–H and O–H groups in total. The molecule has 1 unspecified atom stereocenters. The summed E-state index contributed by atoms with van der Waals surface area (Å²) in [5.74, 6) is 0.309. The van der Waals surface area contributed by atoms with Gasteiger partial charge in [0.1, 0.15) is 0 Å². The number of rotatable bonds is 6. The van der Waals surface area contributed by atoms with Crippen molar-refractivity contribution in [2.75, 3.05) is 0 Å². The monoisotopic (exact) mass is 489 g/mol. The molecule has 35 heavy (non-hydrogen) atoms. The van der Waals surface area contributed by atoms with Crippen LogP contribution < -0.4 is 5.32 Å². The van der Waals surface area contributed by atoms with Gasteiger partial charge >= 0.3 is 0 Å². The normalized spacial score (nSPS) is 19.5. The number of aromatic nitrogens is 2. The fourth-order valence-corrected chi connectivity index (χ4v) is 6.23. The highest BCUT2D eigenvalue weighted by molar-refractivity contribution is 6.30. The van der Waals surface area contributed by atoms with E-state index in [1.54, 1.807) is 0 Å². The predicted octanol–water partition coefficient (Wildman–Crippen LogP) is 7.59. The van der Waals surface area contributed by atoms with Gasteiger partial charge in [-0.05, 0) is 68.7 Å². The average Bonchev–Trinajstić information content (AvgIpc) is 3.15. The van der Waals surface area contributed by atoms with Gasteiger partial charge < -0.3 is 5.32 Å². The number of amides is 1. The molecule has 2 aliphatic carbocycles. The van der Waals surface area contributed by atoms with E-state index in [0.29, 0.717) is 17.7 Å². The Bertz CT molecular complexity index is 1150. The highest BCUT2D eigenvalue weighted by Gasteiger charge is 2.33. The van der Waals surface area contributed by atoms with Crippen molar-refractivity contribution in [1.82, 2.24) is 15.1 Å². The summed E-state index contributed by atoms with van der Waals surface area (Å²) in [7, 11) is 0. The molecule has 0 aliphatic heterocycles. The van der Waals surface area contributed by atoms with E-state index >= 15 is 0 Å². The van der Waals surface area contributed by atoms with Crippen LogP contribution in [0.4, 0.5) is 0 Å². The standard InChI is InChI=1S/C30H36ClN3O/c1-21(23-12-4-2-5-13-23)32-30(35)28-27-18-9-8-14-24(19-22-11-10-15-25(31)20-22)29(27)34(33-28)26-16-6-3-7-17-26/h2,4-5,10-13,15,20-21,24,26H,3,6-9,14,16-19H2,1H3,(H,32,35)/t21-,24?/m0/s1. The molecule has 3 aromatic rings. The quantitative estimate of drug-likeness (QED) is 0.362. The minimum Gasteiger partial charge on any atom is -0.344 e. The van der Waals surface area contributed by atoms with Gasteiger partial charge in [0.15, 0.2) is 5.69 Å². The van der Waals surface area contributed by atoms with Crippen molar-refractivity contribution in [3.8, 4) is 0 Å². The number of hydrogen-bond donors (Lipinski definition) is 1. The van der Waals surface area contributed by atoms with Crippen LogP contribution in [0.25, 0.3) is 0 Å². The van der Waals surface area contributed by atoms with E-state index in [0.717, 1.165) is 49.1 Å². The summed E-state index contributed by atoms with van der Waals surface area (Å²) in [6.45, 7) is 2.05. The van der Waals surface area contributed by atoms with Gasteiger partial charge in [-0.1, -0.05) is 79.7 Å². The van der Waals surface area contributed by atoms with Crippen molar-refractivity contribution >= 4 is 17.5 Å². The maximum absolute atomic E-state index is 13.6. The zero-order chi connectivity index (χ0) is 24.2. The summed E-state index contributed by atoms with van der Waals surface area (Å²) in [5.41, 5.74) is 5.50. The van der Waals surface area contributed by atoms with Crippen LogP contribution in [-0.2, 0) is 12.8 Å². The van der Waals surface area contributed by atoms with Crippen LogP contribution in [0.1, 0.15) is 109 Å². The molecule has 0 saturated heterocycles. The van der Waals surface area contributed by atoms with E-state index in [1.807, 2.05) is 37.3 Å². The molecular formula is C30H36ClN3O. The van der Waals surface area contributed by atoms with Crippen LogP contribution in [0.5, 0.6) is 0 Å². The third-order valence-corrected chi connectivity index (χ3v) is 8.05. The van der Waals surface area contributed by atoms with Gasteiger partial charge in [-0.2, -0.15) is 5.10 Å². The van der Waals surface area contributed by atoms with Crippen molar-refractivity contribution < 1.29 is 4.79 Å². The second-order valence-corrected chi connectivity index (χ2v) is 10.8. The van der Waals surface area contributed by atoms with Crippen molar-refractivity contribution in [1.29, 1.82) is 0 Å². The summed E-state index contributed by atoms with van der Waals surface area (Å²) in [6.07, 6.45) is 11.3. The molecule has 2 aliphatic rings. The van der Waals surface area contributed by atoms with Crippen LogP contribution in [0.2, 0.25) is 5.02 Å². The Morgan fingerprint density at radius 3 is 2.57 bits per heavy atom. The predicted molar refractivity (Wildman–Crippen MR) is 142 cm³/mol. The molecule has 1 aromatic heterocycles. The van der Waals surface area contributed by atoms with Crippen LogP contribution in [-0.4, -0.2) is 15.7 Å². The molecule has 1 heterocycles. The first-order valence-electron chi connectivity index (χ1n) is 13.3. The Kier molecular flexibility index (Phi) is 7.57. The second-order valence-electron chi connectivity index (χ2n) is 10.3. The molecule has 0 bridgehead atoms. The first-order chi connectivity index (χ1) is 17.1. The summed E-state index contributed by atoms with van der Waals surface area (Å²) >= 11 is 6.32. The zero-order valence-corrected chi connectivity index (χ0v) is 21.4. The molecule has 1 amide bonds. The molecule has 4 nitrogen and oxygen atoms in total. The van der Waals surface area contributed by atoms with Crippen molar-refractivity contribution in [3.05, 3.63) is 87.7 Å². The number of nitrogens with zero attached hydrogens (tertiary/aromatic N) is 2. The van der Waals surface area contributed by atoms with Crippen LogP contribution in [0, 0.1) is 0 Å². The van der Waals surface area contributed by atoms with Crippen molar-refractivity contribution in [2.45, 2.75) is 89.1 Å². The molecular weight excluding hydrogens is 454 g/mol. The first-order valence-corrected chi connectivity index (χ1v) is 13.7. The van der Waals surface area contributed by atoms with E-state index in [1.165, 1.54) is 42.5 Å². The minimum absolute atomic E-state index is 0.0458. The van der Waals surface area contributed by atoms with E-state index in [-0.39, 0.29) is 11.9 Å². The van der Waals surface area contributed by atoms with Crippen LogP contribution >= 0.6 is 11.6 Å². The average molecular weight is 490 g/mol. The summed E-state index contributed by atoms with van der Waals surface area (Å²) < 4.78 is 2.29. The molecule has 5 rings (SSSR count). The van der Waals surface area contributed by atoms with Gasteiger partial charge in [0.25, 0.3) is 5.91 Å². The third kappa shape index (κ3) is 5.48. The van der Waals surface area contributed by atoms with Gasteiger partial charge in [-0.15, -0.1) is 0 Å². The molecule has 0 radical (unpaired) electrons. The topological polar surface area (TPSA) is 46.9 Å². The van der Waals surface area contributed by atoms with E-state index in [9.17, 15) is 4.79 Å². The highest BCUT2D eigenvalue weighted by Crippen LogP contribution is 2.39. The van der Waals surface area contributed by atoms with Crippen LogP contribution in [0.15, 0.2) is 54.6 Å². The second kappa shape index (κ2) is 11.0. The van der Waals surface area contributed by atoms with Gasteiger partial charge in [-0.3, -0.25) is 9.48 Å². The number of carbonyl (C=O) groups is 1. The van der Waals surface area contributed by atoms with Crippen molar-refractivity contribution in [3.63, 3.8) is 0 Å². The molecule has 2 atom stereocenters. The lowest BCUT2D eigenvalue weighted by Crippen LogP contribution is -2.28. The van der Waals surface area contributed by atoms with E-state index in [4.69, 9.17) is 16.7 Å². The molecule has 1 fully saturated rings. The highest BCUT2D eigenvalue weighted by atomic mass is 35.5. The number of benzene rings is 2. The molecule has 2 aromatic carbocycles. The molecule has 5 heteroatoms. The van der Waals surface area contributed by atoms with Gasteiger partial charge in [0, 0.05) is 22.2 Å². The Morgan fingerprint density at radius 2 is 1.80 bits per heavy atom. The molecule has 1 saturated carbocycles. The fraction of sp³-hybridized carbons (Fsp3) is 0.467. The van der Waals surface area contributed by atoms with Gasteiger partial charge in [0.05, 0.1) is 12.1 Å².